The highest BCUT2D eigenvalue weighted by molar-refractivity contribution is 7.92. The van der Waals surface area contributed by atoms with Gasteiger partial charge < -0.3 is 16.0 Å². The van der Waals surface area contributed by atoms with Crippen LogP contribution in [0.5, 0.6) is 0 Å². The Morgan fingerprint density at radius 2 is 1.77 bits per heavy atom. The fraction of sp³-hybridized carbons (Fsp3) is 0.476. The molecule has 2 aromatic rings. The number of carbonyl (C=O) groups is 1. The van der Waals surface area contributed by atoms with Crippen LogP contribution in [0.3, 0.4) is 0 Å². The summed E-state index contributed by atoms with van der Waals surface area (Å²) in [6.45, 7) is 4.82. The van der Waals surface area contributed by atoms with E-state index in [1.165, 1.54) is 13.1 Å². The summed E-state index contributed by atoms with van der Waals surface area (Å²) in [6, 6.07) is 7.09. The van der Waals surface area contributed by atoms with Crippen LogP contribution >= 0.6 is 11.6 Å². The van der Waals surface area contributed by atoms with Gasteiger partial charge in [-0.3, -0.25) is 4.79 Å². The molecule has 3 N–H and O–H groups in total. The quantitative estimate of drug-likeness (QED) is 0.568. The highest BCUT2D eigenvalue weighted by Crippen LogP contribution is 2.30. The van der Waals surface area contributed by atoms with Gasteiger partial charge in [-0.25, -0.2) is 13.4 Å². The number of nitrogens with one attached hydrogen (secondary N) is 3. The largest absolute Gasteiger partial charge is 0.354 e. The highest BCUT2D eigenvalue weighted by atomic mass is 35.5. The van der Waals surface area contributed by atoms with E-state index in [2.05, 4.69) is 25.9 Å². The van der Waals surface area contributed by atoms with Crippen molar-refractivity contribution in [3.05, 3.63) is 35.5 Å². The molecule has 168 valence electrons. The number of anilines is 3. The van der Waals surface area contributed by atoms with Gasteiger partial charge in [0.25, 0.3) is 0 Å². The average Bonchev–Trinajstić information content (AvgIpc) is 2.72. The molecule has 1 aromatic heterocycles. The molecule has 0 unspecified atom stereocenters. The molecule has 10 heteroatoms. The van der Waals surface area contributed by atoms with Gasteiger partial charge in [0.15, 0.2) is 15.7 Å². The molecule has 1 saturated carbocycles. The summed E-state index contributed by atoms with van der Waals surface area (Å²) in [5.74, 6) is 0.740. The number of halogens is 1. The number of benzene rings is 1. The van der Waals surface area contributed by atoms with Gasteiger partial charge in [-0.05, 0) is 51.7 Å². The maximum atomic E-state index is 12.7. The van der Waals surface area contributed by atoms with Crippen molar-refractivity contribution in [2.75, 3.05) is 10.6 Å². The number of sulfone groups is 1. The van der Waals surface area contributed by atoms with E-state index in [1.807, 2.05) is 0 Å². The van der Waals surface area contributed by atoms with E-state index in [9.17, 15) is 13.2 Å². The van der Waals surface area contributed by atoms with Crippen LogP contribution in [0.4, 0.5) is 17.5 Å². The van der Waals surface area contributed by atoms with E-state index in [4.69, 9.17) is 11.6 Å². The van der Waals surface area contributed by atoms with Gasteiger partial charge >= 0.3 is 0 Å². The Hall–Kier alpha value is -2.39. The number of rotatable bonds is 7. The van der Waals surface area contributed by atoms with Crippen molar-refractivity contribution < 1.29 is 13.2 Å². The number of hydrogen-bond donors (Lipinski definition) is 3. The van der Waals surface area contributed by atoms with Gasteiger partial charge in [0.05, 0.1) is 22.0 Å². The molecule has 1 aliphatic rings. The smallest absolute Gasteiger partial charge is 0.224 e. The summed E-state index contributed by atoms with van der Waals surface area (Å²) >= 11 is 6.28. The molecule has 0 aliphatic heterocycles. The molecule has 1 aromatic carbocycles. The van der Waals surface area contributed by atoms with E-state index in [1.54, 1.807) is 38.1 Å². The first kappa shape index (κ1) is 23.3. The zero-order valence-corrected chi connectivity index (χ0v) is 19.4. The lowest BCUT2D eigenvalue weighted by molar-refractivity contribution is -0.119. The van der Waals surface area contributed by atoms with E-state index < -0.39 is 15.1 Å². The first-order valence-electron chi connectivity index (χ1n) is 10.3. The Kier molecular flexibility index (Phi) is 7.38. The topological polar surface area (TPSA) is 113 Å². The number of para-hydroxylation sites is 1. The van der Waals surface area contributed by atoms with Crippen LogP contribution in [-0.4, -0.2) is 41.6 Å². The summed E-state index contributed by atoms with van der Waals surface area (Å²) in [5.41, 5.74) is 0.415. The molecule has 0 bridgehead atoms. The van der Waals surface area contributed by atoms with Crippen molar-refractivity contribution in [1.82, 2.24) is 15.3 Å². The highest BCUT2D eigenvalue weighted by Gasteiger charge is 2.24. The predicted octanol–water partition coefficient (Wildman–Crippen LogP) is 3.91. The zero-order valence-electron chi connectivity index (χ0n) is 17.9. The third kappa shape index (κ3) is 5.86. The number of carbonyl (C=O) groups excluding carboxylic acids is 1. The molecule has 3 rings (SSSR count). The summed E-state index contributed by atoms with van der Waals surface area (Å²) < 4.78 is 25.4. The first-order valence-corrected chi connectivity index (χ1v) is 12.3. The average molecular weight is 466 g/mol. The standard InChI is InChI=1S/C21H28ClN5O3S/c1-13(2)31(29,30)19-7-5-4-6-18(19)26-20-17(22)12-23-21(27-20)25-16-10-8-15(9-11-16)24-14(3)28/h4-7,12-13,15-16H,8-11H2,1-3H3,(H,24,28)(H2,23,25,26,27)/t15-,16-. The minimum absolute atomic E-state index is 0.00655. The van der Waals surface area contributed by atoms with Crippen molar-refractivity contribution >= 4 is 44.8 Å². The Labute approximate surface area is 188 Å². The molecular weight excluding hydrogens is 438 g/mol. The van der Waals surface area contributed by atoms with Crippen molar-refractivity contribution in [2.45, 2.75) is 68.7 Å². The van der Waals surface area contributed by atoms with E-state index >= 15 is 0 Å². The van der Waals surface area contributed by atoms with Gasteiger partial charge in [-0.15, -0.1) is 0 Å². The summed E-state index contributed by atoms with van der Waals surface area (Å²) in [7, 11) is -3.48. The summed E-state index contributed by atoms with van der Waals surface area (Å²) in [5, 5.41) is 9.07. The van der Waals surface area contributed by atoms with Gasteiger partial charge in [0, 0.05) is 19.0 Å². The zero-order chi connectivity index (χ0) is 22.6. The van der Waals surface area contributed by atoms with Crippen LogP contribution in [0.15, 0.2) is 35.4 Å². The maximum Gasteiger partial charge on any atom is 0.224 e. The first-order chi connectivity index (χ1) is 14.7. The normalized spacial score (nSPS) is 19.1. The number of amides is 1. The molecule has 0 spiro atoms. The van der Waals surface area contributed by atoms with E-state index in [0.717, 1.165) is 25.7 Å². The summed E-state index contributed by atoms with van der Waals surface area (Å²) in [4.78, 5) is 20.1. The Balaban J connectivity index is 1.74. The predicted molar refractivity (Wildman–Crippen MR) is 123 cm³/mol. The Morgan fingerprint density at radius 1 is 1.13 bits per heavy atom. The third-order valence-electron chi connectivity index (χ3n) is 5.28. The molecular formula is C21H28ClN5O3S. The Morgan fingerprint density at radius 3 is 2.42 bits per heavy atom. The van der Waals surface area contributed by atoms with Crippen LogP contribution in [-0.2, 0) is 14.6 Å². The van der Waals surface area contributed by atoms with Crippen molar-refractivity contribution in [3.8, 4) is 0 Å². The fourth-order valence-corrected chi connectivity index (χ4v) is 4.92. The molecule has 1 aliphatic carbocycles. The third-order valence-corrected chi connectivity index (χ3v) is 7.77. The van der Waals surface area contributed by atoms with Crippen LogP contribution in [0, 0.1) is 0 Å². The van der Waals surface area contributed by atoms with E-state index in [0.29, 0.717) is 17.5 Å². The molecule has 1 fully saturated rings. The molecule has 0 saturated heterocycles. The lowest BCUT2D eigenvalue weighted by atomic mass is 9.91. The lowest BCUT2D eigenvalue weighted by Crippen LogP contribution is -2.39. The van der Waals surface area contributed by atoms with E-state index in [-0.39, 0.29) is 27.9 Å². The monoisotopic (exact) mass is 465 g/mol. The van der Waals surface area contributed by atoms with Crippen LogP contribution in [0.2, 0.25) is 5.02 Å². The molecule has 31 heavy (non-hydrogen) atoms. The molecule has 0 radical (unpaired) electrons. The second kappa shape index (κ2) is 9.82. The molecule has 0 atom stereocenters. The van der Waals surface area contributed by atoms with Crippen LogP contribution in [0.25, 0.3) is 0 Å². The van der Waals surface area contributed by atoms with Crippen LogP contribution < -0.4 is 16.0 Å². The second-order valence-corrected chi connectivity index (χ2v) is 10.9. The minimum atomic E-state index is -3.48. The van der Waals surface area contributed by atoms with Gasteiger partial charge in [-0.1, -0.05) is 23.7 Å². The molecule has 1 heterocycles. The minimum Gasteiger partial charge on any atom is -0.354 e. The number of nitrogens with zero attached hydrogens (tertiary/aromatic N) is 2. The summed E-state index contributed by atoms with van der Waals surface area (Å²) in [6.07, 6.45) is 5.03. The molecule has 8 nitrogen and oxygen atoms in total. The Bertz CT molecular complexity index is 1040. The SMILES string of the molecule is CC(=O)N[C@H]1CC[C@H](Nc2ncc(Cl)c(Nc3ccccc3S(=O)(=O)C(C)C)n2)CC1. The number of aromatic nitrogens is 2. The second-order valence-electron chi connectivity index (χ2n) is 8.00. The van der Waals surface area contributed by atoms with Crippen molar-refractivity contribution in [2.24, 2.45) is 0 Å². The molecule has 1 amide bonds. The number of hydrogen-bond acceptors (Lipinski definition) is 7. The van der Waals surface area contributed by atoms with Gasteiger partial charge in [0.2, 0.25) is 11.9 Å². The lowest BCUT2D eigenvalue weighted by Gasteiger charge is -2.29. The van der Waals surface area contributed by atoms with Crippen LogP contribution in [0.1, 0.15) is 46.5 Å². The maximum absolute atomic E-state index is 12.7. The van der Waals surface area contributed by atoms with Crippen molar-refractivity contribution in [3.63, 3.8) is 0 Å². The van der Waals surface area contributed by atoms with Crippen molar-refractivity contribution in [1.29, 1.82) is 0 Å². The fourth-order valence-electron chi connectivity index (χ4n) is 3.58. The van der Waals surface area contributed by atoms with Gasteiger partial charge in [-0.2, -0.15) is 4.98 Å². The van der Waals surface area contributed by atoms with Gasteiger partial charge in [0.1, 0.15) is 5.02 Å².